The molecule has 0 saturated heterocycles. The summed E-state index contributed by atoms with van der Waals surface area (Å²) in [4.78, 5) is 0. The molecule has 0 aliphatic carbocycles. The number of ether oxygens (including phenoxy) is 2. The van der Waals surface area contributed by atoms with Gasteiger partial charge in [-0.2, -0.15) is 13.2 Å². The molecule has 0 amide bonds. The van der Waals surface area contributed by atoms with E-state index in [0.29, 0.717) is 0 Å². The molecule has 0 bridgehead atoms. The maximum absolute atomic E-state index is 12.4. The zero-order valence-corrected chi connectivity index (χ0v) is 10.9. The molecule has 1 aromatic carbocycles. The highest BCUT2D eigenvalue weighted by atomic mass is 35.5. The van der Waals surface area contributed by atoms with Crippen LogP contribution in [-0.4, -0.2) is 31.6 Å². The number of halogens is 4. The van der Waals surface area contributed by atoms with E-state index in [0.717, 1.165) is 0 Å². The molecule has 0 spiro atoms. The van der Waals surface area contributed by atoms with Crippen molar-refractivity contribution in [2.24, 2.45) is 5.73 Å². The minimum Gasteiger partial charge on any atom is -0.493 e. The van der Waals surface area contributed by atoms with Gasteiger partial charge in [-0.25, -0.2) is 0 Å². The van der Waals surface area contributed by atoms with Gasteiger partial charge in [0.2, 0.25) is 0 Å². The van der Waals surface area contributed by atoms with Gasteiger partial charge in [-0.3, -0.25) is 0 Å². The molecule has 3 N–H and O–H groups in total. The Kier molecular flexibility index (Phi) is 4.89. The van der Waals surface area contributed by atoms with Crippen molar-refractivity contribution in [3.05, 3.63) is 22.7 Å². The fourth-order valence-corrected chi connectivity index (χ4v) is 1.89. The van der Waals surface area contributed by atoms with Gasteiger partial charge in [0, 0.05) is 0 Å². The maximum atomic E-state index is 12.4. The molecule has 0 aliphatic heterocycles. The summed E-state index contributed by atoms with van der Waals surface area (Å²) >= 11 is 5.92. The van der Waals surface area contributed by atoms with Crippen LogP contribution in [0.2, 0.25) is 5.02 Å². The van der Waals surface area contributed by atoms with Crippen LogP contribution in [0.4, 0.5) is 13.2 Å². The Balaban J connectivity index is 3.22. The van der Waals surface area contributed by atoms with Gasteiger partial charge in [0.25, 0.3) is 0 Å². The van der Waals surface area contributed by atoms with Crippen molar-refractivity contribution in [2.75, 3.05) is 14.2 Å². The van der Waals surface area contributed by atoms with Crippen LogP contribution in [0.5, 0.6) is 11.5 Å². The molecule has 0 saturated carbocycles. The van der Waals surface area contributed by atoms with E-state index in [1.54, 1.807) is 0 Å². The number of alkyl halides is 3. The minimum atomic E-state index is -4.84. The van der Waals surface area contributed by atoms with Gasteiger partial charge < -0.3 is 20.3 Å². The third-order valence-corrected chi connectivity index (χ3v) is 2.94. The van der Waals surface area contributed by atoms with Crippen LogP contribution in [0, 0.1) is 0 Å². The minimum absolute atomic E-state index is 0.0616. The van der Waals surface area contributed by atoms with Crippen molar-refractivity contribution in [2.45, 2.75) is 18.3 Å². The number of aliphatic hydroxyl groups is 1. The monoisotopic (exact) mass is 299 g/mol. The summed E-state index contributed by atoms with van der Waals surface area (Å²) in [5.74, 6) is 0.316. The summed E-state index contributed by atoms with van der Waals surface area (Å²) in [5.41, 5.74) is 5.31. The smallest absolute Gasteiger partial charge is 0.416 e. The molecule has 8 heteroatoms. The van der Waals surface area contributed by atoms with Crippen LogP contribution in [0.3, 0.4) is 0 Å². The lowest BCUT2D eigenvalue weighted by atomic mass is 10.0. The molecule has 0 aliphatic rings. The van der Waals surface area contributed by atoms with E-state index in [4.69, 9.17) is 31.9 Å². The zero-order chi connectivity index (χ0) is 14.8. The van der Waals surface area contributed by atoms with E-state index in [9.17, 15) is 13.2 Å². The van der Waals surface area contributed by atoms with Gasteiger partial charge in [0.15, 0.2) is 17.6 Å². The van der Waals surface area contributed by atoms with Gasteiger partial charge in [-0.1, -0.05) is 17.7 Å². The van der Waals surface area contributed by atoms with Gasteiger partial charge in [-0.15, -0.1) is 0 Å². The number of hydrogen-bond acceptors (Lipinski definition) is 4. The Morgan fingerprint density at radius 2 is 1.84 bits per heavy atom. The van der Waals surface area contributed by atoms with Crippen LogP contribution in [0.15, 0.2) is 12.1 Å². The Hall–Kier alpha value is -1.18. The zero-order valence-electron chi connectivity index (χ0n) is 10.2. The summed E-state index contributed by atoms with van der Waals surface area (Å²) in [6, 6.07) is 0.902. The molecular weight excluding hydrogens is 287 g/mol. The summed E-state index contributed by atoms with van der Waals surface area (Å²) < 4.78 is 47.1. The first kappa shape index (κ1) is 15.9. The molecule has 0 unspecified atom stereocenters. The average Bonchev–Trinajstić information content (AvgIpc) is 2.35. The fourth-order valence-electron chi connectivity index (χ4n) is 1.54. The number of hydrogen-bond donors (Lipinski definition) is 2. The number of benzene rings is 1. The van der Waals surface area contributed by atoms with Gasteiger partial charge in [-0.05, 0) is 11.6 Å². The Morgan fingerprint density at radius 3 is 2.26 bits per heavy atom. The molecule has 108 valence electrons. The van der Waals surface area contributed by atoms with E-state index in [2.05, 4.69) is 0 Å². The standard InChI is InChI=1S/C11H13ClF3NO3/c1-18-6-4-3-5(7(12)9(6)19-2)8(16)10(17)11(13,14)15/h3-4,8,10,17H,16H2,1-2H3/t8-,10-/m0/s1. The highest BCUT2D eigenvalue weighted by Gasteiger charge is 2.43. The Bertz CT molecular complexity index is 454. The van der Waals surface area contributed by atoms with Crippen LogP contribution in [-0.2, 0) is 0 Å². The van der Waals surface area contributed by atoms with Crippen LogP contribution >= 0.6 is 11.6 Å². The van der Waals surface area contributed by atoms with Crippen LogP contribution in [0.25, 0.3) is 0 Å². The molecule has 0 fully saturated rings. The molecule has 1 rings (SSSR count). The van der Waals surface area contributed by atoms with Crippen LogP contribution < -0.4 is 15.2 Å². The molecular formula is C11H13ClF3NO3. The first-order valence-corrected chi connectivity index (χ1v) is 5.52. The third-order valence-electron chi connectivity index (χ3n) is 2.55. The van der Waals surface area contributed by atoms with E-state index in [-0.39, 0.29) is 22.1 Å². The van der Waals surface area contributed by atoms with Crippen molar-refractivity contribution >= 4 is 11.6 Å². The fraction of sp³-hybridized carbons (Fsp3) is 0.455. The van der Waals surface area contributed by atoms with E-state index >= 15 is 0 Å². The van der Waals surface area contributed by atoms with Gasteiger partial charge in [0.05, 0.1) is 25.3 Å². The second-order valence-electron chi connectivity index (χ2n) is 3.72. The number of aliphatic hydroxyl groups excluding tert-OH is 1. The first-order chi connectivity index (χ1) is 8.73. The molecule has 1 aromatic rings. The van der Waals surface area contributed by atoms with Crippen molar-refractivity contribution in [1.29, 1.82) is 0 Å². The van der Waals surface area contributed by atoms with Crippen molar-refractivity contribution < 1.29 is 27.8 Å². The third kappa shape index (κ3) is 3.23. The molecule has 19 heavy (non-hydrogen) atoms. The molecule has 0 aromatic heterocycles. The molecule has 2 atom stereocenters. The lowest BCUT2D eigenvalue weighted by Crippen LogP contribution is -2.39. The summed E-state index contributed by atoms with van der Waals surface area (Å²) in [6.45, 7) is 0. The predicted octanol–water partition coefficient (Wildman–Crippen LogP) is 2.28. The van der Waals surface area contributed by atoms with E-state index in [1.165, 1.54) is 26.4 Å². The van der Waals surface area contributed by atoms with E-state index in [1.807, 2.05) is 0 Å². The van der Waals surface area contributed by atoms with Crippen molar-refractivity contribution in [3.63, 3.8) is 0 Å². The van der Waals surface area contributed by atoms with Gasteiger partial charge in [0.1, 0.15) is 0 Å². The highest BCUT2D eigenvalue weighted by molar-refractivity contribution is 6.33. The average molecular weight is 300 g/mol. The number of rotatable bonds is 4. The normalized spacial score (nSPS) is 14.9. The molecule has 0 radical (unpaired) electrons. The first-order valence-electron chi connectivity index (χ1n) is 5.14. The second-order valence-corrected chi connectivity index (χ2v) is 4.09. The quantitative estimate of drug-likeness (QED) is 0.895. The Morgan fingerprint density at radius 1 is 1.26 bits per heavy atom. The Labute approximate surface area is 112 Å². The molecule has 0 heterocycles. The summed E-state index contributed by atoms with van der Waals surface area (Å²) in [5, 5.41) is 9.01. The number of nitrogens with two attached hydrogens (primary N) is 1. The lowest BCUT2D eigenvalue weighted by Gasteiger charge is -2.23. The van der Waals surface area contributed by atoms with Gasteiger partial charge >= 0.3 is 6.18 Å². The lowest BCUT2D eigenvalue weighted by molar-refractivity contribution is -0.210. The summed E-state index contributed by atoms with van der Waals surface area (Å²) in [6.07, 6.45) is -7.56. The summed E-state index contributed by atoms with van der Waals surface area (Å²) in [7, 11) is 2.65. The SMILES string of the molecule is COc1ccc([C@H](N)[C@H](O)C(F)(F)F)c(Cl)c1OC. The van der Waals surface area contributed by atoms with E-state index < -0.39 is 18.3 Å². The maximum Gasteiger partial charge on any atom is 0.416 e. The van der Waals surface area contributed by atoms with Crippen LogP contribution in [0.1, 0.15) is 11.6 Å². The second kappa shape index (κ2) is 5.85. The topological polar surface area (TPSA) is 64.7 Å². The predicted molar refractivity (Wildman–Crippen MR) is 63.5 cm³/mol. The number of methoxy groups -OCH3 is 2. The van der Waals surface area contributed by atoms with Crippen molar-refractivity contribution in [3.8, 4) is 11.5 Å². The van der Waals surface area contributed by atoms with Crippen molar-refractivity contribution in [1.82, 2.24) is 0 Å². The largest absolute Gasteiger partial charge is 0.493 e. The molecule has 4 nitrogen and oxygen atoms in total. The highest BCUT2D eigenvalue weighted by Crippen LogP contribution is 2.41.